The predicted molar refractivity (Wildman–Crippen MR) is 101 cm³/mol. The van der Waals surface area contributed by atoms with Crippen LogP contribution < -0.4 is 10.1 Å². The Bertz CT molecular complexity index is 768. The lowest BCUT2D eigenvalue weighted by Gasteiger charge is -2.24. The van der Waals surface area contributed by atoms with Gasteiger partial charge in [-0.1, -0.05) is 30.3 Å². The maximum absolute atomic E-state index is 12.8. The molecule has 1 atom stereocenters. The highest BCUT2D eigenvalue weighted by atomic mass is 16.5. The lowest BCUT2D eigenvalue weighted by Crippen LogP contribution is -2.31. The van der Waals surface area contributed by atoms with E-state index in [0.29, 0.717) is 12.4 Å². The molecule has 4 rings (SSSR count). The van der Waals surface area contributed by atoms with E-state index in [-0.39, 0.29) is 17.9 Å². The molecule has 0 spiro atoms. The van der Waals surface area contributed by atoms with Crippen molar-refractivity contribution in [3.63, 3.8) is 0 Å². The Morgan fingerprint density at radius 3 is 2.81 bits per heavy atom. The molecule has 1 heterocycles. The average molecular weight is 350 g/mol. The van der Waals surface area contributed by atoms with Crippen LogP contribution >= 0.6 is 0 Å². The van der Waals surface area contributed by atoms with Crippen molar-refractivity contribution in [1.29, 1.82) is 0 Å². The number of fused-ring (bicyclic) bond motifs is 1. The number of aromatic nitrogens is 1. The Morgan fingerprint density at radius 1 is 1.08 bits per heavy atom. The molecular weight excluding hydrogens is 324 g/mol. The molecule has 1 aromatic carbocycles. The van der Waals surface area contributed by atoms with Crippen molar-refractivity contribution in [2.45, 2.75) is 63.5 Å². The first kappa shape index (κ1) is 17.1. The molecule has 1 amide bonds. The molecule has 136 valence electrons. The molecule has 2 aromatic rings. The fourth-order valence-corrected chi connectivity index (χ4v) is 4.16. The number of rotatable bonds is 5. The number of ether oxygens (including phenoxy) is 1. The van der Waals surface area contributed by atoms with E-state index in [9.17, 15) is 4.79 Å². The Hall–Kier alpha value is -2.36. The summed E-state index contributed by atoms with van der Waals surface area (Å²) in [4.78, 5) is 17.2. The minimum atomic E-state index is -0.0455. The molecule has 0 aliphatic heterocycles. The topological polar surface area (TPSA) is 51.2 Å². The van der Waals surface area contributed by atoms with E-state index in [0.717, 1.165) is 37.7 Å². The van der Waals surface area contributed by atoms with Gasteiger partial charge >= 0.3 is 0 Å². The molecule has 1 N–H and O–H groups in total. The van der Waals surface area contributed by atoms with Crippen LogP contribution in [0.2, 0.25) is 0 Å². The second kappa shape index (κ2) is 7.90. The molecule has 4 nitrogen and oxygen atoms in total. The van der Waals surface area contributed by atoms with Crippen molar-refractivity contribution in [1.82, 2.24) is 10.3 Å². The Morgan fingerprint density at radius 2 is 1.92 bits per heavy atom. The summed E-state index contributed by atoms with van der Waals surface area (Å²) < 4.78 is 6.08. The molecule has 26 heavy (non-hydrogen) atoms. The molecule has 0 saturated heterocycles. The van der Waals surface area contributed by atoms with E-state index >= 15 is 0 Å². The Kier molecular flexibility index (Phi) is 5.19. The molecule has 1 saturated carbocycles. The van der Waals surface area contributed by atoms with Crippen LogP contribution in [0.3, 0.4) is 0 Å². The zero-order valence-electron chi connectivity index (χ0n) is 15.1. The first-order valence-corrected chi connectivity index (χ1v) is 9.77. The SMILES string of the molecule is O=C(NCc1cccnc1OC1CCCC1)C1CCCc2ccccc21. The van der Waals surface area contributed by atoms with Gasteiger partial charge in [0.05, 0.1) is 5.92 Å². The molecular formula is C22H26N2O2. The number of hydrogen-bond donors (Lipinski definition) is 1. The number of hydrogen-bond acceptors (Lipinski definition) is 3. The van der Waals surface area contributed by atoms with Gasteiger partial charge in [0, 0.05) is 18.3 Å². The Balaban J connectivity index is 1.42. The summed E-state index contributed by atoms with van der Waals surface area (Å²) in [7, 11) is 0. The summed E-state index contributed by atoms with van der Waals surface area (Å²) >= 11 is 0. The minimum Gasteiger partial charge on any atom is -0.474 e. The van der Waals surface area contributed by atoms with Gasteiger partial charge in [-0.3, -0.25) is 4.79 Å². The van der Waals surface area contributed by atoms with Crippen molar-refractivity contribution in [3.05, 3.63) is 59.3 Å². The Labute approximate surface area is 155 Å². The van der Waals surface area contributed by atoms with E-state index in [2.05, 4.69) is 28.5 Å². The minimum absolute atomic E-state index is 0.0455. The van der Waals surface area contributed by atoms with Crippen molar-refractivity contribution < 1.29 is 9.53 Å². The van der Waals surface area contributed by atoms with Gasteiger partial charge < -0.3 is 10.1 Å². The van der Waals surface area contributed by atoms with Crippen LogP contribution in [0.4, 0.5) is 0 Å². The van der Waals surface area contributed by atoms with E-state index in [1.807, 2.05) is 18.2 Å². The maximum Gasteiger partial charge on any atom is 0.227 e. The van der Waals surface area contributed by atoms with Gasteiger partial charge in [-0.05, 0) is 62.1 Å². The zero-order chi connectivity index (χ0) is 17.8. The summed E-state index contributed by atoms with van der Waals surface area (Å²) in [5.74, 6) is 0.729. The molecule has 1 unspecified atom stereocenters. The summed E-state index contributed by atoms with van der Waals surface area (Å²) in [6.07, 6.45) is 9.73. The fourth-order valence-electron chi connectivity index (χ4n) is 4.16. The van der Waals surface area contributed by atoms with Crippen molar-refractivity contribution >= 4 is 5.91 Å². The number of carbonyl (C=O) groups excluding carboxylic acids is 1. The van der Waals surface area contributed by atoms with E-state index < -0.39 is 0 Å². The van der Waals surface area contributed by atoms with Crippen LogP contribution in [0.5, 0.6) is 5.88 Å². The number of benzene rings is 1. The second-order valence-electron chi connectivity index (χ2n) is 7.35. The third-order valence-electron chi connectivity index (χ3n) is 5.57. The summed E-state index contributed by atoms with van der Waals surface area (Å²) in [6, 6.07) is 12.2. The average Bonchev–Trinajstić information content (AvgIpc) is 3.20. The van der Waals surface area contributed by atoms with Gasteiger partial charge in [0.15, 0.2) is 0 Å². The van der Waals surface area contributed by atoms with Crippen LogP contribution in [0, 0.1) is 0 Å². The van der Waals surface area contributed by atoms with Crippen molar-refractivity contribution in [3.8, 4) is 5.88 Å². The molecule has 2 aliphatic rings. The monoisotopic (exact) mass is 350 g/mol. The summed E-state index contributed by atoms with van der Waals surface area (Å²) in [5.41, 5.74) is 3.45. The second-order valence-corrected chi connectivity index (χ2v) is 7.35. The summed E-state index contributed by atoms with van der Waals surface area (Å²) in [6.45, 7) is 0.466. The smallest absolute Gasteiger partial charge is 0.227 e. The summed E-state index contributed by atoms with van der Waals surface area (Å²) in [5, 5.41) is 3.12. The maximum atomic E-state index is 12.8. The van der Waals surface area contributed by atoms with Crippen LogP contribution in [0.25, 0.3) is 0 Å². The van der Waals surface area contributed by atoms with Crippen molar-refractivity contribution in [2.75, 3.05) is 0 Å². The van der Waals surface area contributed by atoms with Crippen LogP contribution in [0.1, 0.15) is 61.1 Å². The van der Waals surface area contributed by atoms with Crippen LogP contribution in [-0.2, 0) is 17.8 Å². The van der Waals surface area contributed by atoms with Crippen molar-refractivity contribution in [2.24, 2.45) is 0 Å². The largest absolute Gasteiger partial charge is 0.474 e. The van der Waals surface area contributed by atoms with E-state index in [1.165, 1.54) is 24.0 Å². The number of amides is 1. The highest BCUT2D eigenvalue weighted by molar-refractivity contribution is 5.84. The van der Waals surface area contributed by atoms with Gasteiger partial charge in [0.25, 0.3) is 0 Å². The first-order chi connectivity index (χ1) is 12.8. The molecule has 0 bridgehead atoms. The van der Waals surface area contributed by atoms with Crippen LogP contribution in [-0.4, -0.2) is 17.0 Å². The normalized spacial score (nSPS) is 19.8. The van der Waals surface area contributed by atoms with Gasteiger partial charge in [0.1, 0.15) is 6.10 Å². The van der Waals surface area contributed by atoms with Gasteiger partial charge in [0.2, 0.25) is 11.8 Å². The number of carbonyl (C=O) groups is 1. The molecule has 1 aromatic heterocycles. The molecule has 2 aliphatic carbocycles. The van der Waals surface area contributed by atoms with Gasteiger partial charge in [-0.15, -0.1) is 0 Å². The first-order valence-electron chi connectivity index (χ1n) is 9.77. The van der Waals surface area contributed by atoms with Gasteiger partial charge in [-0.2, -0.15) is 0 Å². The van der Waals surface area contributed by atoms with Crippen LogP contribution in [0.15, 0.2) is 42.6 Å². The quantitative estimate of drug-likeness (QED) is 0.882. The lowest BCUT2D eigenvalue weighted by atomic mass is 9.82. The molecule has 1 fully saturated rings. The third-order valence-corrected chi connectivity index (χ3v) is 5.57. The zero-order valence-corrected chi connectivity index (χ0v) is 15.1. The standard InChI is InChI=1S/C22H26N2O2/c25-21(20-13-5-8-16-7-1-4-12-19(16)20)24-15-17-9-6-14-23-22(17)26-18-10-2-3-11-18/h1,4,6-7,9,12,14,18,20H,2-3,5,8,10-11,13,15H2,(H,24,25). The number of nitrogens with one attached hydrogen (secondary N) is 1. The third kappa shape index (κ3) is 3.74. The van der Waals surface area contributed by atoms with E-state index in [4.69, 9.17) is 4.74 Å². The highest BCUT2D eigenvalue weighted by Gasteiger charge is 2.26. The number of aryl methyl sites for hydroxylation is 1. The molecule has 4 heteroatoms. The fraction of sp³-hybridized carbons (Fsp3) is 0.455. The molecule has 0 radical (unpaired) electrons. The number of pyridine rings is 1. The van der Waals surface area contributed by atoms with E-state index in [1.54, 1.807) is 6.20 Å². The predicted octanol–water partition coefficient (Wildman–Crippen LogP) is 4.14. The lowest BCUT2D eigenvalue weighted by molar-refractivity contribution is -0.123. The van der Waals surface area contributed by atoms with Gasteiger partial charge in [-0.25, -0.2) is 4.98 Å². The highest BCUT2D eigenvalue weighted by Crippen LogP contribution is 2.32. The number of nitrogens with zero attached hydrogens (tertiary/aromatic N) is 1.